The molecule has 166 valence electrons. The van der Waals surface area contributed by atoms with Crippen LogP contribution < -0.4 is 15.4 Å². The van der Waals surface area contributed by atoms with Gasteiger partial charge in [0.1, 0.15) is 5.75 Å². The normalized spacial score (nSPS) is 12.5. The minimum absolute atomic E-state index is 0.170. The van der Waals surface area contributed by atoms with Gasteiger partial charge >= 0.3 is 0 Å². The van der Waals surface area contributed by atoms with Gasteiger partial charge in [0.2, 0.25) is 0 Å². The SMILES string of the molecule is C[C@H](Oc1cccc2ccccc12)C(=O)Nc1ccccc1C(=O)N[C@@H](C)c1ccccc1. The van der Waals surface area contributed by atoms with E-state index >= 15 is 0 Å². The number of hydrogen-bond acceptors (Lipinski definition) is 3. The molecule has 2 amide bonds. The van der Waals surface area contributed by atoms with Crippen molar-refractivity contribution in [1.82, 2.24) is 5.32 Å². The Balaban J connectivity index is 1.46. The van der Waals surface area contributed by atoms with Crippen molar-refractivity contribution in [2.24, 2.45) is 0 Å². The highest BCUT2D eigenvalue weighted by Gasteiger charge is 2.20. The van der Waals surface area contributed by atoms with Gasteiger partial charge in [-0.3, -0.25) is 9.59 Å². The number of fused-ring (bicyclic) bond motifs is 1. The molecule has 0 aliphatic carbocycles. The molecule has 0 aromatic heterocycles. The van der Waals surface area contributed by atoms with E-state index in [9.17, 15) is 9.59 Å². The Bertz CT molecular complexity index is 1270. The van der Waals surface area contributed by atoms with Crippen molar-refractivity contribution in [3.8, 4) is 5.75 Å². The summed E-state index contributed by atoms with van der Waals surface area (Å²) in [6, 6.07) is 30.1. The second-order valence-electron chi connectivity index (χ2n) is 7.88. The average Bonchev–Trinajstić information content (AvgIpc) is 2.85. The summed E-state index contributed by atoms with van der Waals surface area (Å²) in [6.07, 6.45) is -0.754. The molecule has 0 aliphatic heterocycles. The zero-order valence-electron chi connectivity index (χ0n) is 18.6. The zero-order valence-corrected chi connectivity index (χ0v) is 18.6. The van der Waals surface area contributed by atoms with Crippen molar-refractivity contribution in [3.05, 3.63) is 108 Å². The van der Waals surface area contributed by atoms with Gasteiger partial charge < -0.3 is 15.4 Å². The Morgan fingerprint density at radius 1 is 0.758 bits per heavy atom. The van der Waals surface area contributed by atoms with E-state index in [0.29, 0.717) is 17.0 Å². The van der Waals surface area contributed by atoms with E-state index < -0.39 is 6.10 Å². The first-order valence-electron chi connectivity index (χ1n) is 10.9. The largest absolute Gasteiger partial charge is 0.480 e. The zero-order chi connectivity index (χ0) is 23.2. The van der Waals surface area contributed by atoms with Crippen molar-refractivity contribution in [3.63, 3.8) is 0 Å². The van der Waals surface area contributed by atoms with Crippen molar-refractivity contribution in [2.75, 3.05) is 5.32 Å². The van der Waals surface area contributed by atoms with Gasteiger partial charge in [-0.2, -0.15) is 0 Å². The lowest BCUT2D eigenvalue weighted by atomic mass is 10.1. The molecule has 0 aliphatic rings. The van der Waals surface area contributed by atoms with Crippen LogP contribution in [0.4, 0.5) is 5.69 Å². The summed E-state index contributed by atoms with van der Waals surface area (Å²) in [5, 5.41) is 7.82. The van der Waals surface area contributed by atoms with Crippen LogP contribution in [0.5, 0.6) is 5.75 Å². The van der Waals surface area contributed by atoms with E-state index in [2.05, 4.69) is 10.6 Å². The Morgan fingerprint density at radius 3 is 2.24 bits per heavy atom. The summed E-state index contributed by atoms with van der Waals surface area (Å²) in [5.74, 6) is 0.0441. The Hall–Kier alpha value is -4.12. The van der Waals surface area contributed by atoms with E-state index in [1.54, 1.807) is 31.2 Å². The summed E-state index contributed by atoms with van der Waals surface area (Å²) >= 11 is 0. The van der Waals surface area contributed by atoms with E-state index in [-0.39, 0.29) is 17.9 Å². The minimum Gasteiger partial charge on any atom is -0.480 e. The van der Waals surface area contributed by atoms with Gasteiger partial charge in [-0.15, -0.1) is 0 Å². The maximum Gasteiger partial charge on any atom is 0.265 e. The van der Waals surface area contributed by atoms with Gasteiger partial charge in [-0.05, 0) is 43.0 Å². The molecular formula is C28H26N2O3. The first-order valence-corrected chi connectivity index (χ1v) is 10.9. The smallest absolute Gasteiger partial charge is 0.265 e. The number of carbonyl (C=O) groups excluding carboxylic acids is 2. The average molecular weight is 439 g/mol. The molecule has 2 N–H and O–H groups in total. The highest BCUT2D eigenvalue weighted by Crippen LogP contribution is 2.26. The number of amides is 2. The third-order valence-electron chi connectivity index (χ3n) is 5.50. The molecule has 5 nitrogen and oxygen atoms in total. The van der Waals surface area contributed by atoms with E-state index in [1.807, 2.05) is 79.7 Å². The van der Waals surface area contributed by atoms with Crippen LogP contribution in [0.2, 0.25) is 0 Å². The summed E-state index contributed by atoms with van der Waals surface area (Å²) in [5.41, 5.74) is 1.84. The van der Waals surface area contributed by atoms with Gasteiger partial charge in [-0.25, -0.2) is 0 Å². The number of anilines is 1. The van der Waals surface area contributed by atoms with Crippen LogP contribution in [0.1, 0.15) is 35.8 Å². The van der Waals surface area contributed by atoms with Crippen LogP contribution in [0.3, 0.4) is 0 Å². The number of carbonyl (C=O) groups is 2. The van der Waals surface area contributed by atoms with Crippen LogP contribution in [-0.4, -0.2) is 17.9 Å². The molecule has 5 heteroatoms. The van der Waals surface area contributed by atoms with Crippen molar-refractivity contribution < 1.29 is 14.3 Å². The van der Waals surface area contributed by atoms with Gasteiger partial charge in [0.25, 0.3) is 11.8 Å². The molecule has 0 saturated carbocycles. The van der Waals surface area contributed by atoms with Crippen LogP contribution in [-0.2, 0) is 4.79 Å². The van der Waals surface area contributed by atoms with Crippen molar-refractivity contribution in [1.29, 1.82) is 0 Å². The third-order valence-corrected chi connectivity index (χ3v) is 5.50. The number of nitrogens with one attached hydrogen (secondary N) is 2. The van der Waals surface area contributed by atoms with Crippen LogP contribution in [0.15, 0.2) is 97.1 Å². The number of hydrogen-bond donors (Lipinski definition) is 2. The molecule has 4 aromatic carbocycles. The first kappa shape index (κ1) is 22.1. The summed E-state index contributed by atoms with van der Waals surface area (Å²) in [7, 11) is 0. The topological polar surface area (TPSA) is 67.4 Å². The van der Waals surface area contributed by atoms with Crippen LogP contribution in [0, 0.1) is 0 Å². The fourth-order valence-corrected chi connectivity index (χ4v) is 3.67. The molecule has 4 rings (SSSR count). The molecule has 0 heterocycles. The third kappa shape index (κ3) is 5.21. The fraction of sp³-hybridized carbons (Fsp3) is 0.143. The molecule has 33 heavy (non-hydrogen) atoms. The highest BCUT2D eigenvalue weighted by molar-refractivity contribution is 6.04. The fourth-order valence-electron chi connectivity index (χ4n) is 3.67. The molecule has 2 atom stereocenters. The summed E-state index contributed by atoms with van der Waals surface area (Å²) < 4.78 is 5.97. The Morgan fingerprint density at radius 2 is 1.42 bits per heavy atom. The van der Waals surface area contributed by atoms with Crippen molar-refractivity contribution >= 4 is 28.3 Å². The lowest BCUT2D eigenvalue weighted by Gasteiger charge is -2.19. The second kappa shape index (κ2) is 10.0. The predicted molar refractivity (Wildman–Crippen MR) is 131 cm³/mol. The molecule has 0 unspecified atom stereocenters. The lowest BCUT2D eigenvalue weighted by molar-refractivity contribution is -0.122. The van der Waals surface area contributed by atoms with Gasteiger partial charge in [0.05, 0.1) is 17.3 Å². The summed E-state index contributed by atoms with van der Waals surface area (Å²) in [4.78, 5) is 25.8. The number of ether oxygens (including phenoxy) is 1. The molecule has 0 fully saturated rings. The van der Waals surface area contributed by atoms with E-state index in [4.69, 9.17) is 4.74 Å². The molecule has 0 spiro atoms. The number of rotatable bonds is 7. The quantitative estimate of drug-likeness (QED) is 0.387. The lowest BCUT2D eigenvalue weighted by Crippen LogP contribution is -2.32. The standard InChI is InChI=1S/C28H26N2O3/c1-19(21-11-4-3-5-12-21)29-28(32)24-16-8-9-17-25(24)30-27(31)20(2)33-26-18-10-14-22-13-6-7-15-23(22)26/h3-20H,1-2H3,(H,29,32)(H,30,31)/t19-,20-/m0/s1. The molecule has 0 radical (unpaired) electrons. The molecule has 0 bridgehead atoms. The monoisotopic (exact) mass is 438 g/mol. The minimum atomic E-state index is -0.754. The van der Waals surface area contributed by atoms with Crippen LogP contribution >= 0.6 is 0 Å². The second-order valence-corrected chi connectivity index (χ2v) is 7.88. The van der Waals surface area contributed by atoms with Gasteiger partial charge in [0, 0.05) is 5.39 Å². The Kier molecular flexibility index (Phi) is 6.69. The number of para-hydroxylation sites is 1. The first-order chi connectivity index (χ1) is 16.0. The van der Waals surface area contributed by atoms with Crippen LogP contribution in [0.25, 0.3) is 10.8 Å². The molecular weight excluding hydrogens is 412 g/mol. The highest BCUT2D eigenvalue weighted by atomic mass is 16.5. The van der Waals surface area contributed by atoms with E-state index in [1.165, 1.54) is 0 Å². The van der Waals surface area contributed by atoms with E-state index in [0.717, 1.165) is 16.3 Å². The Labute approximate surface area is 193 Å². The van der Waals surface area contributed by atoms with Gasteiger partial charge in [-0.1, -0.05) is 78.9 Å². The molecule has 0 saturated heterocycles. The van der Waals surface area contributed by atoms with Crippen molar-refractivity contribution in [2.45, 2.75) is 26.0 Å². The maximum absolute atomic E-state index is 12.9. The number of benzene rings is 4. The molecule has 4 aromatic rings. The summed E-state index contributed by atoms with van der Waals surface area (Å²) in [6.45, 7) is 3.62. The van der Waals surface area contributed by atoms with Gasteiger partial charge in [0.15, 0.2) is 6.10 Å². The predicted octanol–water partition coefficient (Wildman–Crippen LogP) is 5.74. The maximum atomic E-state index is 12.9.